The van der Waals surface area contributed by atoms with Crippen LogP contribution >= 0.6 is 0 Å². The molecule has 0 spiro atoms. The first-order valence-corrected chi connectivity index (χ1v) is 7.07. The number of nitro groups is 1. The SMILES string of the molecule is CCC(=O)c1ccc(NC(CC(C)C)C(=O)O)c([N+](=O)[O-])c1. The topological polar surface area (TPSA) is 110 Å². The summed E-state index contributed by atoms with van der Waals surface area (Å²) >= 11 is 0. The number of Topliss-reactive ketones (excluding diaryl/α,β-unsaturated/α-hetero) is 1. The maximum atomic E-state index is 11.6. The molecular weight excluding hydrogens is 288 g/mol. The van der Waals surface area contributed by atoms with E-state index >= 15 is 0 Å². The van der Waals surface area contributed by atoms with Crippen molar-refractivity contribution >= 4 is 23.1 Å². The second-order valence-electron chi connectivity index (χ2n) is 5.43. The highest BCUT2D eigenvalue weighted by Gasteiger charge is 2.23. The molecule has 1 atom stereocenters. The highest BCUT2D eigenvalue weighted by Crippen LogP contribution is 2.27. The van der Waals surface area contributed by atoms with Gasteiger partial charge in [0.2, 0.25) is 0 Å². The number of carbonyl (C=O) groups excluding carboxylic acids is 1. The summed E-state index contributed by atoms with van der Waals surface area (Å²) in [6.07, 6.45) is 0.581. The monoisotopic (exact) mass is 308 g/mol. The smallest absolute Gasteiger partial charge is 0.326 e. The van der Waals surface area contributed by atoms with Crippen molar-refractivity contribution in [1.29, 1.82) is 0 Å². The Labute approximate surface area is 128 Å². The molecule has 0 aromatic heterocycles. The summed E-state index contributed by atoms with van der Waals surface area (Å²) < 4.78 is 0. The quantitative estimate of drug-likeness (QED) is 0.434. The number of carbonyl (C=O) groups is 2. The van der Waals surface area contributed by atoms with E-state index in [4.69, 9.17) is 0 Å². The summed E-state index contributed by atoms with van der Waals surface area (Å²) in [5, 5.41) is 23.1. The molecule has 0 radical (unpaired) electrons. The van der Waals surface area contributed by atoms with Gasteiger partial charge in [0.15, 0.2) is 5.78 Å². The van der Waals surface area contributed by atoms with E-state index in [0.717, 1.165) is 0 Å². The molecule has 0 saturated carbocycles. The second-order valence-corrected chi connectivity index (χ2v) is 5.43. The van der Waals surface area contributed by atoms with Gasteiger partial charge in [0.25, 0.3) is 5.69 Å². The fraction of sp³-hybridized carbons (Fsp3) is 0.467. The number of anilines is 1. The largest absolute Gasteiger partial charge is 0.480 e. The molecule has 120 valence electrons. The summed E-state index contributed by atoms with van der Waals surface area (Å²) in [4.78, 5) is 33.4. The molecule has 0 saturated heterocycles. The zero-order chi connectivity index (χ0) is 16.9. The molecule has 0 bridgehead atoms. The van der Waals surface area contributed by atoms with Crippen LogP contribution in [0.4, 0.5) is 11.4 Å². The van der Waals surface area contributed by atoms with Gasteiger partial charge in [0.05, 0.1) is 4.92 Å². The third kappa shape index (κ3) is 4.54. The minimum absolute atomic E-state index is 0.103. The van der Waals surface area contributed by atoms with Crippen LogP contribution in [0.3, 0.4) is 0 Å². The van der Waals surface area contributed by atoms with E-state index in [-0.39, 0.29) is 35.1 Å². The molecule has 7 heteroatoms. The lowest BCUT2D eigenvalue weighted by molar-refractivity contribution is -0.384. The number of ketones is 1. The Kier molecular flexibility index (Phi) is 6.03. The summed E-state index contributed by atoms with van der Waals surface area (Å²) in [7, 11) is 0. The van der Waals surface area contributed by atoms with Crippen molar-refractivity contribution in [2.45, 2.75) is 39.7 Å². The number of nitrogens with one attached hydrogen (secondary N) is 1. The number of rotatable bonds is 8. The first-order valence-electron chi connectivity index (χ1n) is 7.07. The van der Waals surface area contributed by atoms with Crippen molar-refractivity contribution in [3.05, 3.63) is 33.9 Å². The van der Waals surface area contributed by atoms with Crippen molar-refractivity contribution in [3.8, 4) is 0 Å². The van der Waals surface area contributed by atoms with Gasteiger partial charge in [-0.15, -0.1) is 0 Å². The number of hydrogen-bond acceptors (Lipinski definition) is 5. The van der Waals surface area contributed by atoms with Crippen LogP contribution in [-0.2, 0) is 4.79 Å². The Morgan fingerprint density at radius 3 is 2.45 bits per heavy atom. The molecule has 1 rings (SSSR count). The summed E-state index contributed by atoms with van der Waals surface area (Å²) in [6, 6.07) is 3.11. The lowest BCUT2D eigenvalue weighted by atomic mass is 10.0. The van der Waals surface area contributed by atoms with Gasteiger partial charge in [-0.1, -0.05) is 20.8 Å². The van der Waals surface area contributed by atoms with E-state index in [9.17, 15) is 24.8 Å². The zero-order valence-electron chi connectivity index (χ0n) is 12.8. The van der Waals surface area contributed by atoms with Gasteiger partial charge in [-0.05, 0) is 24.5 Å². The van der Waals surface area contributed by atoms with Crippen LogP contribution in [0.5, 0.6) is 0 Å². The van der Waals surface area contributed by atoms with Gasteiger partial charge in [0.1, 0.15) is 11.7 Å². The van der Waals surface area contributed by atoms with Crippen LogP contribution in [0.25, 0.3) is 0 Å². The van der Waals surface area contributed by atoms with Gasteiger partial charge < -0.3 is 10.4 Å². The molecule has 0 aliphatic rings. The standard InChI is InChI=1S/C15H20N2O5/c1-4-14(18)10-5-6-11(13(8-10)17(21)22)16-12(15(19)20)7-9(2)3/h5-6,8-9,12,16H,4,7H2,1-3H3,(H,19,20). The Balaban J connectivity index is 3.14. The maximum absolute atomic E-state index is 11.6. The minimum atomic E-state index is -1.07. The molecule has 22 heavy (non-hydrogen) atoms. The minimum Gasteiger partial charge on any atom is -0.480 e. The van der Waals surface area contributed by atoms with Gasteiger partial charge >= 0.3 is 5.97 Å². The zero-order valence-corrected chi connectivity index (χ0v) is 12.8. The number of carboxylic acids is 1. The van der Waals surface area contributed by atoms with E-state index in [1.165, 1.54) is 18.2 Å². The van der Waals surface area contributed by atoms with Crippen LogP contribution in [0.15, 0.2) is 18.2 Å². The number of aliphatic carboxylic acids is 1. The molecule has 1 aromatic carbocycles. The number of nitro benzene ring substituents is 1. The molecule has 0 amide bonds. The molecule has 2 N–H and O–H groups in total. The van der Waals surface area contributed by atoms with Crippen LogP contribution in [-0.4, -0.2) is 27.8 Å². The van der Waals surface area contributed by atoms with Crippen LogP contribution < -0.4 is 5.32 Å². The molecule has 7 nitrogen and oxygen atoms in total. The fourth-order valence-electron chi connectivity index (χ4n) is 2.06. The third-order valence-corrected chi connectivity index (χ3v) is 3.17. The van der Waals surface area contributed by atoms with E-state index < -0.39 is 16.9 Å². The first-order chi connectivity index (χ1) is 10.3. The number of nitrogens with zero attached hydrogens (tertiary/aromatic N) is 1. The molecule has 1 unspecified atom stereocenters. The number of benzene rings is 1. The van der Waals surface area contributed by atoms with Crippen molar-refractivity contribution in [2.24, 2.45) is 5.92 Å². The average molecular weight is 308 g/mol. The van der Waals surface area contributed by atoms with Crippen molar-refractivity contribution in [3.63, 3.8) is 0 Å². The van der Waals surface area contributed by atoms with E-state index in [1.54, 1.807) is 6.92 Å². The summed E-state index contributed by atoms with van der Waals surface area (Å²) in [5.74, 6) is -1.16. The number of carboxylic acid groups (broad SMARTS) is 1. The Morgan fingerprint density at radius 2 is 2.00 bits per heavy atom. The first kappa shape index (κ1) is 17.6. The normalized spacial score (nSPS) is 12.0. The van der Waals surface area contributed by atoms with E-state index in [0.29, 0.717) is 6.42 Å². The van der Waals surface area contributed by atoms with E-state index in [1.807, 2.05) is 13.8 Å². The predicted molar refractivity (Wildman–Crippen MR) is 82.2 cm³/mol. The van der Waals surface area contributed by atoms with Gasteiger partial charge in [0, 0.05) is 18.1 Å². The lowest BCUT2D eigenvalue weighted by Crippen LogP contribution is -2.31. The highest BCUT2D eigenvalue weighted by molar-refractivity contribution is 5.97. The van der Waals surface area contributed by atoms with Gasteiger partial charge in [-0.3, -0.25) is 14.9 Å². The van der Waals surface area contributed by atoms with Crippen molar-refractivity contribution in [2.75, 3.05) is 5.32 Å². The predicted octanol–water partition coefficient (Wildman–Crippen LogP) is 3.10. The average Bonchev–Trinajstić information content (AvgIpc) is 2.45. The van der Waals surface area contributed by atoms with Gasteiger partial charge in [-0.2, -0.15) is 0 Å². The van der Waals surface area contributed by atoms with Crippen molar-refractivity contribution in [1.82, 2.24) is 0 Å². The molecule has 0 aliphatic heterocycles. The maximum Gasteiger partial charge on any atom is 0.326 e. The molecule has 0 aliphatic carbocycles. The van der Waals surface area contributed by atoms with Crippen LogP contribution in [0.2, 0.25) is 0 Å². The van der Waals surface area contributed by atoms with Gasteiger partial charge in [-0.25, -0.2) is 4.79 Å². The fourth-order valence-corrected chi connectivity index (χ4v) is 2.06. The highest BCUT2D eigenvalue weighted by atomic mass is 16.6. The lowest BCUT2D eigenvalue weighted by Gasteiger charge is -2.17. The summed E-state index contributed by atoms with van der Waals surface area (Å²) in [5.41, 5.74) is 0.0514. The second kappa shape index (κ2) is 7.53. The molecule has 1 aromatic rings. The third-order valence-electron chi connectivity index (χ3n) is 3.17. The Hall–Kier alpha value is -2.44. The number of hydrogen-bond donors (Lipinski definition) is 2. The molecule has 0 fully saturated rings. The van der Waals surface area contributed by atoms with Crippen LogP contribution in [0, 0.1) is 16.0 Å². The van der Waals surface area contributed by atoms with Crippen molar-refractivity contribution < 1.29 is 19.6 Å². The Morgan fingerprint density at radius 1 is 1.36 bits per heavy atom. The Bertz CT molecular complexity index is 583. The van der Waals surface area contributed by atoms with E-state index in [2.05, 4.69) is 5.32 Å². The summed E-state index contributed by atoms with van der Waals surface area (Å²) in [6.45, 7) is 5.41. The molecular formula is C15H20N2O5. The van der Waals surface area contributed by atoms with Crippen LogP contribution in [0.1, 0.15) is 44.0 Å². The molecule has 0 heterocycles.